The van der Waals surface area contributed by atoms with Crippen molar-refractivity contribution in [2.45, 2.75) is 6.92 Å². The quantitative estimate of drug-likeness (QED) is 0.754. The normalized spacial score (nSPS) is 15.3. The molecule has 3 aromatic heterocycles. The van der Waals surface area contributed by atoms with Crippen molar-refractivity contribution in [2.24, 2.45) is 0 Å². The number of aryl methyl sites for hydroxylation is 1. The lowest BCUT2D eigenvalue weighted by molar-refractivity contribution is 0.0304. The fourth-order valence-electron chi connectivity index (χ4n) is 2.88. The number of fused-ring (bicyclic) bond motifs is 1. The number of nitrogens with one attached hydrogen (secondary N) is 2. The number of H-pyrrole nitrogens is 2. The minimum absolute atomic E-state index is 0.0218. The predicted molar refractivity (Wildman–Crippen MR) is 85.1 cm³/mol. The predicted octanol–water partition coefficient (Wildman–Crippen LogP) is 1.73. The average Bonchev–Trinajstić information content (AvgIpc) is 3.20. The molecule has 23 heavy (non-hydrogen) atoms. The van der Waals surface area contributed by atoms with Gasteiger partial charge in [0.25, 0.3) is 5.91 Å². The number of amides is 1. The van der Waals surface area contributed by atoms with Crippen molar-refractivity contribution >= 4 is 16.9 Å². The van der Waals surface area contributed by atoms with Crippen LogP contribution in [0, 0.1) is 6.92 Å². The lowest BCUT2D eigenvalue weighted by atomic mass is 10.1. The van der Waals surface area contributed by atoms with Gasteiger partial charge in [-0.2, -0.15) is 5.10 Å². The van der Waals surface area contributed by atoms with Crippen molar-refractivity contribution in [3.05, 3.63) is 35.8 Å². The molecule has 1 aliphatic heterocycles. The topological polar surface area (TPSA) is 86.9 Å². The number of carbonyl (C=O) groups excluding carboxylic acids is 1. The Morgan fingerprint density at radius 1 is 1.30 bits per heavy atom. The molecule has 3 aromatic rings. The van der Waals surface area contributed by atoms with Gasteiger partial charge in [0.2, 0.25) is 0 Å². The molecule has 1 aliphatic rings. The fourth-order valence-corrected chi connectivity index (χ4v) is 2.88. The van der Waals surface area contributed by atoms with Crippen LogP contribution < -0.4 is 0 Å². The van der Waals surface area contributed by atoms with Gasteiger partial charge in [-0.3, -0.25) is 9.89 Å². The first-order chi connectivity index (χ1) is 11.2. The Labute approximate surface area is 132 Å². The second-order valence-electron chi connectivity index (χ2n) is 5.61. The lowest BCUT2D eigenvalue weighted by Crippen LogP contribution is -2.40. The zero-order valence-corrected chi connectivity index (χ0v) is 12.8. The monoisotopic (exact) mass is 311 g/mol. The van der Waals surface area contributed by atoms with Crippen molar-refractivity contribution < 1.29 is 9.53 Å². The summed E-state index contributed by atoms with van der Waals surface area (Å²) in [6.07, 6.45) is 3.49. The Kier molecular flexibility index (Phi) is 3.34. The van der Waals surface area contributed by atoms with Crippen molar-refractivity contribution in [3.63, 3.8) is 0 Å². The SMILES string of the molecule is Cc1[nH]ncc1-c1ccc2c(C(=O)N3CCOCC3)c[nH]c2n1. The second-order valence-corrected chi connectivity index (χ2v) is 5.61. The average molecular weight is 311 g/mol. The summed E-state index contributed by atoms with van der Waals surface area (Å²) in [6.45, 7) is 4.40. The van der Waals surface area contributed by atoms with Crippen molar-refractivity contribution in [1.82, 2.24) is 25.1 Å². The van der Waals surface area contributed by atoms with E-state index in [1.807, 2.05) is 24.0 Å². The minimum atomic E-state index is 0.0218. The van der Waals surface area contributed by atoms with Gasteiger partial charge in [-0.05, 0) is 19.1 Å². The van der Waals surface area contributed by atoms with Crippen LogP contribution in [0.4, 0.5) is 0 Å². The molecule has 0 aromatic carbocycles. The number of rotatable bonds is 2. The highest BCUT2D eigenvalue weighted by Crippen LogP contribution is 2.25. The van der Waals surface area contributed by atoms with Crippen molar-refractivity contribution in [2.75, 3.05) is 26.3 Å². The summed E-state index contributed by atoms with van der Waals surface area (Å²) >= 11 is 0. The first-order valence-electron chi connectivity index (χ1n) is 7.59. The Morgan fingerprint density at radius 3 is 2.87 bits per heavy atom. The Bertz CT molecular complexity index is 860. The summed E-state index contributed by atoms with van der Waals surface area (Å²) in [7, 11) is 0. The van der Waals surface area contributed by atoms with Crippen LogP contribution in [0.25, 0.3) is 22.3 Å². The van der Waals surface area contributed by atoms with Gasteiger partial charge < -0.3 is 14.6 Å². The van der Waals surface area contributed by atoms with Gasteiger partial charge in [-0.25, -0.2) is 4.98 Å². The Hall–Kier alpha value is -2.67. The maximum atomic E-state index is 12.7. The molecule has 0 atom stereocenters. The van der Waals surface area contributed by atoms with E-state index in [0.717, 1.165) is 22.3 Å². The van der Waals surface area contributed by atoms with E-state index >= 15 is 0 Å². The van der Waals surface area contributed by atoms with E-state index in [0.29, 0.717) is 37.5 Å². The third kappa shape index (κ3) is 2.39. The number of hydrogen-bond donors (Lipinski definition) is 2. The van der Waals surface area contributed by atoms with E-state index in [2.05, 4.69) is 20.2 Å². The second kappa shape index (κ2) is 5.51. The summed E-state index contributed by atoms with van der Waals surface area (Å²) in [6, 6.07) is 3.86. The molecular weight excluding hydrogens is 294 g/mol. The van der Waals surface area contributed by atoms with E-state index < -0.39 is 0 Å². The fraction of sp³-hybridized carbons (Fsp3) is 0.312. The Balaban J connectivity index is 1.70. The standard InChI is InChI=1S/C16H17N5O2/c1-10-12(9-18-20-10)14-3-2-11-13(8-17-15(11)19-14)16(22)21-4-6-23-7-5-21/h2-3,8-9H,4-7H2,1H3,(H,17,19)(H,18,20). The summed E-state index contributed by atoms with van der Waals surface area (Å²) in [4.78, 5) is 22.2. The summed E-state index contributed by atoms with van der Waals surface area (Å²) in [5.74, 6) is 0.0218. The van der Waals surface area contributed by atoms with Gasteiger partial charge >= 0.3 is 0 Å². The minimum Gasteiger partial charge on any atom is -0.378 e. The number of ether oxygens (including phenoxy) is 1. The van der Waals surface area contributed by atoms with Gasteiger partial charge in [-0.1, -0.05) is 0 Å². The van der Waals surface area contributed by atoms with Crippen LogP contribution in [0.3, 0.4) is 0 Å². The molecule has 118 valence electrons. The molecule has 7 heteroatoms. The molecule has 7 nitrogen and oxygen atoms in total. The number of carbonyl (C=O) groups is 1. The maximum Gasteiger partial charge on any atom is 0.256 e. The van der Waals surface area contributed by atoms with Crippen LogP contribution in [0.1, 0.15) is 16.1 Å². The highest BCUT2D eigenvalue weighted by molar-refractivity contribution is 6.06. The molecule has 0 saturated carbocycles. The largest absolute Gasteiger partial charge is 0.378 e. The summed E-state index contributed by atoms with van der Waals surface area (Å²) in [5, 5.41) is 7.77. The Morgan fingerprint density at radius 2 is 2.13 bits per heavy atom. The van der Waals surface area contributed by atoms with Gasteiger partial charge in [0.05, 0.1) is 30.7 Å². The first-order valence-corrected chi connectivity index (χ1v) is 7.59. The lowest BCUT2D eigenvalue weighted by Gasteiger charge is -2.26. The molecule has 0 unspecified atom stereocenters. The highest BCUT2D eigenvalue weighted by atomic mass is 16.5. The number of aromatic amines is 2. The molecule has 0 radical (unpaired) electrons. The molecule has 0 bridgehead atoms. The smallest absolute Gasteiger partial charge is 0.256 e. The van der Waals surface area contributed by atoms with Gasteiger partial charge in [0.15, 0.2) is 0 Å². The molecule has 0 aliphatic carbocycles. The van der Waals surface area contributed by atoms with Crippen LogP contribution in [0.5, 0.6) is 0 Å². The zero-order valence-electron chi connectivity index (χ0n) is 12.8. The number of morpholine rings is 1. The van der Waals surface area contributed by atoms with Crippen LogP contribution in [-0.4, -0.2) is 57.3 Å². The van der Waals surface area contributed by atoms with Crippen LogP contribution in [0.2, 0.25) is 0 Å². The van der Waals surface area contributed by atoms with E-state index in [1.54, 1.807) is 12.4 Å². The van der Waals surface area contributed by atoms with Crippen molar-refractivity contribution in [1.29, 1.82) is 0 Å². The summed E-state index contributed by atoms with van der Waals surface area (Å²) < 4.78 is 5.30. The maximum absolute atomic E-state index is 12.7. The highest BCUT2D eigenvalue weighted by Gasteiger charge is 2.21. The first kappa shape index (κ1) is 14.0. The number of hydrogen-bond acceptors (Lipinski definition) is 4. The van der Waals surface area contributed by atoms with Crippen LogP contribution >= 0.6 is 0 Å². The van der Waals surface area contributed by atoms with Crippen LogP contribution in [0.15, 0.2) is 24.5 Å². The molecule has 4 rings (SSSR count). The number of pyridine rings is 1. The molecule has 1 amide bonds. The molecule has 0 spiro atoms. The molecule has 1 fully saturated rings. The molecule has 2 N–H and O–H groups in total. The van der Waals surface area contributed by atoms with E-state index in [1.165, 1.54) is 0 Å². The van der Waals surface area contributed by atoms with E-state index in [4.69, 9.17) is 4.74 Å². The molecular formula is C16H17N5O2. The third-order valence-corrected chi connectivity index (χ3v) is 4.17. The number of nitrogens with zero attached hydrogens (tertiary/aromatic N) is 3. The van der Waals surface area contributed by atoms with Crippen molar-refractivity contribution in [3.8, 4) is 11.3 Å². The van der Waals surface area contributed by atoms with Gasteiger partial charge in [-0.15, -0.1) is 0 Å². The zero-order chi connectivity index (χ0) is 15.8. The molecule has 1 saturated heterocycles. The molecule has 4 heterocycles. The number of aromatic nitrogens is 4. The van der Waals surface area contributed by atoms with Crippen LogP contribution in [-0.2, 0) is 4.74 Å². The third-order valence-electron chi connectivity index (χ3n) is 4.17. The van der Waals surface area contributed by atoms with E-state index in [-0.39, 0.29) is 5.91 Å². The summed E-state index contributed by atoms with van der Waals surface area (Å²) in [5.41, 5.74) is 4.12. The van der Waals surface area contributed by atoms with Gasteiger partial charge in [0.1, 0.15) is 5.65 Å². The van der Waals surface area contributed by atoms with Gasteiger partial charge in [0, 0.05) is 35.9 Å². The van der Waals surface area contributed by atoms with E-state index in [9.17, 15) is 4.79 Å².